The number of hydrogen-bond acceptors (Lipinski definition) is 4. The lowest BCUT2D eigenvalue weighted by Gasteiger charge is -2.06. The summed E-state index contributed by atoms with van der Waals surface area (Å²) in [5, 5.41) is 0.778. The molecule has 0 bridgehead atoms. The maximum atomic E-state index is 12.6. The predicted molar refractivity (Wildman–Crippen MR) is 76.9 cm³/mol. The molecule has 0 aliphatic carbocycles. The van der Waals surface area contributed by atoms with Gasteiger partial charge in [-0.15, -0.1) is 0 Å². The van der Waals surface area contributed by atoms with Crippen LogP contribution in [0.15, 0.2) is 42.7 Å². The van der Waals surface area contributed by atoms with Crippen molar-refractivity contribution in [2.24, 2.45) is 0 Å². The number of benzene rings is 1. The van der Waals surface area contributed by atoms with Gasteiger partial charge < -0.3 is 15.5 Å². The number of carbonyl (C=O) groups is 1. The number of hydrogen-bond donors (Lipinski definition) is 2. The van der Waals surface area contributed by atoms with Crippen LogP contribution in [0, 0.1) is 0 Å². The standard InChI is InChI=1S/C15H13N3O2/c1-20-9-4-5-13(16)11(7-9)14(19)12-8-18-15-10(12)3-2-6-17-15/h2-8H,16H2,1H3,(H,17,18). The number of methoxy groups -OCH3 is 1. The van der Waals surface area contributed by atoms with Gasteiger partial charge in [0.15, 0.2) is 5.78 Å². The monoisotopic (exact) mass is 267 g/mol. The Balaban J connectivity index is 2.13. The summed E-state index contributed by atoms with van der Waals surface area (Å²) in [6, 6.07) is 8.68. The zero-order valence-electron chi connectivity index (χ0n) is 10.9. The van der Waals surface area contributed by atoms with Crippen molar-refractivity contribution in [3.63, 3.8) is 0 Å². The molecule has 1 aromatic carbocycles. The van der Waals surface area contributed by atoms with Gasteiger partial charge in [0.1, 0.15) is 11.4 Å². The molecule has 0 aliphatic heterocycles. The molecule has 2 aromatic heterocycles. The fourth-order valence-corrected chi connectivity index (χ4v) is 2.15. The molecular formula is C15H13N3O2. The van der Waals surface area contributed by atoms with Gasteiger partial charge in [-0.05, 0) is 30.3 Å². The highest BCUT2D eigenvalue weighted by atomic mass is 16.5. The summed E-state index contributed by atoms with van der Waals surface area (Å²) in [4.78, 5) is 19.8. The number of ketones is 1. The molecule has 0 spiro atoms. The Hall–Kier alpha value is -2.82. The highest BCUT2D eigenvalue weighted by molar-refractivity contribution is 6.18. The van der Waals surface area contributed by atoms with E-state index in [1.165, 1.54) is 0 Å². The van der Waals surface area contributed by atoms with Gasteiger partial charge in [0.05, 0.1) is 7.11 Å². The van der Waals surface area contributed by atoms with Crippen molar-refractivity contribution in [1.82, 2.24) is 9.97 Å². The van der Waals surface area contributed by atoms with Crippen molar-refractivity contribution in [2.45, 2.75) is 0 Å². The lowest BCUT2D eigenvalue weighted by molar-refractivity contribution is 0.104. The summed E-state index contributed by atoms with van der Waals surface area (Å²) >= 11 is 0. The SMILES string of the molecule is COc1ccc(N)c(C(=O)c2c[nH]c3ncccc23)c1. The van der Waals surface area contributed by atoms with Crippen LogP contribution in [0.25, 0.3) is 11.0 Å². The topological polar surface area (TPSA) is 81.0 Å². The van der Waals surface area contributed by atoms with E-state index in [0.717, 1.165) is 5.39 Å². The van der Waals surface area contributed by atoms with E-state index in [1.54, 1.807) is 43.8 Å². The highest BCUT2D eigenvalue weighted by Crippen LogP contribution is 2.25. The Labute approximate surface area is 115 Å². The van der Waals surface area contributed by atoms with E-state index >= 15 is 0 Å². The third-order valence-electron chi connectivity index (χ3n) is 3.20. The van der Waals surface area contributed by atoms with Crippen LogP contribution in [0.2, 0.25) is 0 Å². The number of aromatic amines is 1. The molecule has 0 saturated heterocycles. The third kappa shape index (κ3) is 1.89. The van der Waals surface area contributed by atoms with E-state index in [1.807, 2.05) is 6.07 Å². The molecule has 0 aliphatic rings. The zero-order valence-corrected chi connectivity index (χ0v) is 10.9. The average Bonchev–Trinajstić information content (AvgIpc) is 2.91. The molecule has 0 amide bonds. The maximum Gasteiger partial charge on any atom is 0.197 e. The molecule has 0 saturated carbocycles. The molecule has 0 atom stereocenters. The number of fused-ring (bicyclic) bond motifs is 1. The highest BCUT2D eigenvalue weighted by Gasteiger charge is 2.17. The second-order valence-electron chi connectivity index (χ2n) is 4.38. The Bertz CT molecular complexity index is 793. The Morgan fingerprint density at radius 2 is 2.15 bits per heavy atom. The smallest absolute Gasteiger partial charge is 0.197 e. The first kappa shape index (κ1) is 12.2. The number of carbonyl (C=O) groups excluding carboxylic acids is 1. The second kappa shape index (κ2) is 4.70. The van der Waals surface area contributed by atoms with Crippen molar-refractivity contribution in [2.75, 3.05) is 12.8 Å². The largest absolute Gasteiger partial charge is 0.497 e. The molecule has 5 heteroatoms. The van der Waals surface area contributed by atoms with Crippen LogP contribution in [-0.2, 0) is 0 Å². The van der Waals surface area contributed by atoms with Gasteiger partial charge >= 0.3 is 0 Å². The molecule has 20 heavy (non-hydrogen) atoms. The maximum absolute atomic E-state index is 12.6. The van der Waals surface area contributed by atoms with E-state index in [9.17, 15) is 4.79 Å². The first-order chi connectivity index (χ1) is 9.70. The molecule has 5 nitrogen and oxygen atoms in total. The number of rotatable bonds is 3. The number of nitrogens with zero attached hydrogens (tertiary/aromatic N) is 1. The van der Waals surface area contributed by atoms with Crippen LogP contribution >= 0.6 is 0 Å². The number of H-pyrrole nitrogens is 1. The number of anilines is 1. The van der Waals surface area contributed by atoms with Crippen LogP contribution in [0.1, 0.15) is 15.9 Å². The minimum Gasteiger partial charge on any atom is -0.497 e. The van der Waals surface area contributed by atoms with Crippen molar-refractivity contribution in [3.05, 3.63) is 53.9 Å². The fourth-order valence-electron chi connectivity index (χ4n) is 2.15. The Kier molecular flexibility index (Phi) is 2.87. The van der Waals surface area contributed by atoms with Crippen LogP contribution in [0.3, 0.4) is 0 Å². The average molecular weight is 267 g/mol. The molecule has 100 valence electrons. The number of nitrogen functional groups attached to an aromatic ring is 1. The second-order valence-corrected chi connectivity index (χ2v) is 4.38. The number of pyridine rings is 1. The van der Waals surface area contributed by atoms with Crippen molar-refractivity contribution in [1.29, 1.82) is 0 Å². The fraction of sp³-hybridized carbons (Fsp3) is 0.0667. The van der Waals surface area contributed by atoms with E-state index in [0.29, 0.717) is 28.2 Å². The molecule has 3 rings (SSSR count). The van der Waals surface area contributed by atoms with Crippen LogP contribution < -0.4 is 10.5 Å². The number of aromatic nitrogens is 2. The van der Waals surface area contributed by atoms with E-state index in [2.05, 4.69) is 9.97 Å². The summed E-state index contributed by atoms with van der Waals surface area (Å²) in [5.74, 6) is 0.446. The third-order valence-corrected chi connectivity index (χ3v) is 3.20. The van der Waals surface area contributed by atoms with Crippen molar-refractivity contribution in [3.8, 4) is 5.75 Å². The summed E-state index contributed by atoms with van der Waals surface area (Å²) in [5.41, 5.74) is 7.97. The van der Waals surface area contributed by atoms with Gasteiger partial charge in [0.2, 0.25) is 0 Å². The quantitative estimate of drug-likeness (QED) is 0.564. The van der Waals surface area contributed by atoms with E-state index in [4.69, 9.17) is 10.5 Å². The molecule has 0 radical (unpaired) electrons. The van der Waals surface area contributed by atoms with Crippen LogP contribution in [0.5, 0.6) is 5.75 Å². The summed E-state index contributed by atoms with van der Waals surface area (Å²) in [6.07, 6.45) is 3.33. The minimum atomic E-state index is -0.152. The van der Waals surface area contributed by atoms with Crippen LogP contribution in [0.4, 0.5) is 5.69 Å². The lowest BCUT2D eigenvalue weighted by Crippen LogP contribution is -2.05. The molecule has 2 heterocycles. The van der Waals surface area contributed by atoms with Crippen LogP contribution in [-0.4, -0.2) is 22.9 Å². The first-order valence-electron chi connectivity index (χ1n) is 6.11. The number of nitrogens with one attached hydrogen (secondary N) is 1. The Morgan fingerprint density at radius 1 is 1.30 bits per heavy atom. The summed E-state index contributed by atoms with van der Waals surface area (Å²) < 4.78 is 5.14. The van der Waals surface area contributed by atoms with Gasteiger partial charge in [0, 0.05) is 34.6 Å². The zero-order chi connectivity index (χ0) is 14.1. The molecule has 0 fully saturated rings. The van der Waals surface area contributed by atoms with Crippen molar-refractivity contribution >= 4 is 22.5 Å². The molecule has 0 unspecified atom stereocenters. The van der Waals surface area contributed by atoms with Gasteiger partial charge in [-0.1, -0.05) is 0 Å². The van der Waals surface area contributed by atoms with Gasteiger partial charge in [-0.3, -0.25) is 4.79 Å². The molecule has 3 N–H and O–H groups in total. The predicted octanol–water partition coefficient (Wildman–Crippen LogP) is 2.38. The summed E-state index contributed by atoms with van der Waals surface area (Å²) in [7, 11) is 1.55. The first-order valence-corrected chi connectivity index (χ1v) is 6.11. The number of nitrogens with two attached hydrogens (primary N) is 1. The Morgan fingerprint density at radius 3 is 2.95 bits per heavy atom. The number of ether oxygens (including phenoxy) is 1. The van der Waals surface area contributed by atoms with Gasteiger partial charge in [-0.25, -0.2) is 4.98 Å². The molecule has 3 aromatic rings. The van der Waals surface area contributed by atoms with Crippen molar-refractivity contribution < 1.29 is 9.53 Å². The molecular weight excluding hydrogens is 254 g/mol. The normalized spacial score (nSPS) is 10.7. The minimum absolute atomic E-state index is 0.152. The van der Waals surface area contributed by atoms with Gasteiger partial charge in [0.25, 0.3) is 0 Å². The lowest BCUT2D eigenvalue weighted by atomic mass is 10.0. The van der Waals surface area contributed by atoms with Gasteiger partial charge in [-0.2, -0.15) is 0 Å². The summed E-state index contributed by atoms with van der Waals surface area (Å²) in [6.45, 7) is 0. The van der Waals surface area contributed by atoms with E-state index < -0.39 is 0 Å². The van der Waals surface area contributed by atoms with E-state index in [-0.39, 0.29) is 5.78 Å².